The Balaban J connectivity index is -0.000000829. The fourth-order valence-electron chi connectivity index (χ4n) is 9.29. The minimum absolute atomic E-state index is 0.0225. The van der Waals surface area contributed by atoms with E-state index in [1.165, 1.54) is 4.90 Å². The number of benzene rings is 2. The number of hydrogen-bond donors (Lipinski definition) is 1. The molecule has 0 bridgehead atoms. The van der Waals surface area contributed by atoms with Gasteiger partial charge < -0.3 is 44.5 Å². The van der Waals surface area contributed by atoms with Crippen LogP contribution < -0.4 is 15.1 Å². The van der Waals surface area contributed by atoms with Gasteiger partial charge >= 0.3 is 65.1 Å². The van der Waals surface area contributed by atoms with Gasteiger partial charge in [0, 0.05) is 55.2 Å². The van der Waals surface area contributed by atoms with Crippen molar-refractivity contribution in [2.24, 2.45) is 5.92 Å². The van der Waals surface area contributed by atoms with Gasteiger partial charge in [0.1, 0.15) is 19.3 Å². The molecule has 0 heterocycles. The number of unbranched alkanes of at least 4 members (excludes halogenated alkanes) is 4. The predicted molar refractivity (Wildman–Crippen MR) is 377 cm³/mol. The van der Waals surface area contributed by atoms with Crippen LogP contribution in [-0.2, 0) is 53.7 Å². The zero-order valence-electron chi connectivity index (χ0n) is 62.2. The molecule has 44 heteroatoms. The van der Waals surface area contributed by atoms with Crippen molar-refractivity contribution in [2.75, 3.05) is 54.7 Å². The van der Waals surface area contributed by atoms with Gasteiger partial charge in [0.05, 0.1) is 40.3 Å². The summed E-state index contributed by atoms with van der Waals surface area (Å²) in [7, 11) is -19.6. The SMILES string of the molecule is CC(C)CCCCCO[Si](C)(CNC(=O)CC(F)(F)F)O[Si](C)(C)O[SiH](C)C(C)C.CC[Si](C)(OCCCCC[Si](C)(C)CN(C(=O)CC(F)(F)F)c1ccccc1)O[Si](C)(C)O[SiH](C)O[Si](C)(C)CN(C(=O)CC(F)(F)F)c1ccccc1.FF.FF.FOCCC(F)(F)F.FOCCC(F)(F)F. The van der Waals surface area contributed by atoms with Crippen molar-refractivity contribution in [1.29, 1.82) is 0 Å². The van der Waals surface area contributed by atoms with E-state index in [9.17, 15) is 89.3 Å². The Morgan fingerprint density at radius 3 is 1.24 bits per heavy atom. The molecule has 0 spiro atoms. The molecule has 4 atom stereocenters. The lowest BCUT2D eigenvalue weighted by atomic mass is 10.1. The lowest BCUT2D eigenvalue weighted by Crippen LogP contribution is -2.58. The Bertz CT molecular complexity index is 2550. The van der Waals surface area contributed by atoms with Gasteiger partial charge in [-0.3, -0.25) is 14.4 Å². The van der Waals surface area contributed by atoms with Crippen molar-refractivity contribution in [3.63, 3.8) is 0 Å². The van der Waals surface area contributed by atoms with E-state index in [4.69, 9.17) is 47.7 Å². The highest BCUT2D eigenvalue weighted by Crippen LogP contribution is 2.31. The van der Waals surface area contributed by atoms with E-state index in [0.29, 0.717) is 48.3 Å². The monoisotopic (exact) mass is 1690 g/mol. The van der Waals surface area contributed by atoms with Gasteiger partial charge in [-0.2, -0.15) is 75.7 Å². The highest BCUT2D eigenvalue weighted by Gasteiger charge is 2.45. The van der Waals surface area contributed by atoms with E-state index in [0.717, 1.165) is 55.9 Å². The summed E-state index contributed by atoms with van der Waals surface area (Å²) in [5, 5.41) is 2.38. The third-order valence-corrected chi connectivity index (χ3v) is 42.3. The summed E-state index contributed by atoms with van der Waals surface area (Å²) in [4.78, 5) is 45.0. The minimum Gasteiger partial charge on any atom is -0.439 e. The van der Waals surface area contributed by atoms with Crippen LogP contribution in [0.4, 0.5) is 105 Å². The molecule has 0 aliphatic rings. The standard InChI is InChI=1S/C35H58F6N2O6Si5.C19H42F3NO4Si3.2C3H4F4O.2F2/c1-10-54(9,46-24-18-13-19-25-51(3,4)28-42(30-20-14-11-15-21-30)32(44)26-34(36,37)38)49-53(7,8)48-50(2)47-52(5,6)29-43(31-22-16-12-17-23-31)33(45)27-35(39,40)41;1-16(2)12-10-9-11-13-25-30(8,15-23-18(24)14-19(20,21)22)27-29(6,7)26-28(5)17(3)4;2*4-3(5,6)1-2-8-7;2*1-2/h11-12,14-17,20-23,50H,10,13,18-19,24-29H2,1-9H3;16-17,28H,9-15H2,1-8H3,(H,23,24);2*1-2H2;;. The number of halogens is 21. The molecule has 0 aliphatic carbocycles. The van der Waals surface area contributed by atoms with Crippen LogP contribution in [0.15, 0.2) is 60.7 Å². The molecule has 1 N–H and O–H groups in total. The number of carbonyl (C=O) groups excluding carboxylic acids is 3. The third kappa shape index (κ3) is 60.6. The molecular weight excluding hydrogens is 1580 g/mol. The average Bonchev–Trinajstić information content (AvgIpc) is 0.892. The number of rotatable bonds is 41. The lowest BCUT2D eigenvalue weighted by Gasteiger charge is -2.38. The van der Waals surface area contributed by atoms with E-state index in [2.05, 4.69) is 62.5 Å². The van der Waals surface area contributed by atoms with E-state index < -0.39 is 163 Å². The van der Waals surface area contributed by atoms with Crippen LogP contribution in [0.5, 0.6) is 0 Å². The second-order valence-corrected chi connectivity index (χ2v) is 56.4. The van der Waals surface area contributed by atoms with Gasteiger partial charge in [-0.05, 0) is 129 Å². The normalized spacial score (nSPS) is 14.2. The first-order valence-electron chi connectivity index (χ1n) is 33.2. The molecule has 2 rings (SSSR count). The fraction of sp³-hybridized carbons (Fsp3) is 0.750. The number of para-hydroxylation sites is 2. The molecule has 0 radical (unpaired) electrons. The predicted octanol–water partition coefficient (Wildman–Crippen LogP) is 20.6. The quantitative estimate of drug-likeness (QED) is 0.0383. The molecule has 0 aliphatic heterocycles. The van der Waals surface area contributed by atoms with Crippen LogP contribution in [0.25, 0.3) is 0 Å². The Hall–Kier alpha value is -3.24. The number of anilines is 2. The van der Waals surface area contributed by atoms with Crippen LogP contribution >= 0.6 is 0 Å². The molecule has 0 aromatic heterocycles. The molecule has 0 saturated carbocycles. The van der Waals surface area contributed by atoms with E-state index in [-0.39, 0.29) is 12.3 Å². The summed E-state index contributed by atoms with van der Waals surface area (Å²) in [6.07, 6.45) is -22.5. The van der Waals surface area contributed by atoms with Gasteiger partial charge in [-0.25, -0.2) is 0 Å². The highest BCUT2D eigenvalue weighted by molar-refractivity contribution is 6.85. The molecular formula is C60H108F21N3O12Si8. The number of carbonyl (C=O) groups is 3. The van der Waals surface area contributed by atoms with Crippen LogP contribution in [0.3, 0.4) is 0 Å². The van der Waals surface area contributed by atoms with Crippen molar-refractivity contribution >= 4 is 98.1 Å². The summed E-state index contributed by atoms with van der Waals surface area (Å²) >= 11 is 0. The van der Waals surface area contributed by atoms with Gasteiger partial charge in [0.25, 0.3) is 9.28 Å². The maximum absolute atomic E-state index is 13.2. The summed E-state index contributed by atoms with van der Waals surface area (Å²) in [5.74, 6) is -2.38. The second kappa shape index (κ2) is 52.0. The van der Waals surface area contributed by atoms with E-state index in [1.807, 2.05) is 59.3 Å². The van der Waals surface area contributed by atoms with Crippen LogP contribution in [0.2, 0.25) is 96.2 Å². The first kappa shape index (κ1) is 107. The molecule has 4 unspecified atom stereocenters. The largest absolute Gasteiger partial charge is 0.439 e. The molecule has 0 fully saturated rings. The van der Waals surface area contributed by atoms with Gasteiger partial charge in [-0.1, -0.05) is 122 Å². The topological polar surface area (TPSA) is 153 Å². The summed E-state index contributed by atoms with van der Waals surface area (Å²) in [6, 6.07) is 18.3. The molecule has 2 aromatic rings. The Kier molecular flexibility index (Phi) is 53.6. The fourth-order valence-corrected chi connectivity index (χ4v) is 38.3. The van der Waals surface area contributed by atoms with E-state index in [1.54, 1.807) is 67.2 Å². The molecule has 15 nitrogen and oxygen atoms in total. The molecule has 104 heavy (non-hydrogen) atoms. The summed E-state index contributed by atoms with van der Waals surface area (Å²) in [6.45, 7) is 33.1. The Labute approximate surface area is 607 Å². The minimum atomic E-state index is -4.64. The maximum Gasteiger partial charge on any atom is 0.397 e. The first-order chi connectivity index (χ1) is 47.4. The molecule has 3 amide bonds. The first-order valence-corrected chi connectivity index (χ1v) is 54.8. The van der Waals surface area contributed by atoms with Crippen molar-refractivity contribution < 1.29 is 147 Å². The van der Waals surface area contributed by atoms with Crippen molar-refractivity contribution in [1.82, 2.24) is 5.32 Å². The van der Waals surface area contributed by atoms with Gasteiger partial charge in [0.2, 0.25) is 17.7 Å². The molecule has 614 valence electrons. The smallest absolute Gasteiger partial charge is 0.397 e. The van der Waals surface area contributed by atoms with Crippen LogP contribution in [-0.4, -0.2) is 162 Å². The Morgan fingerprint density at radius 1 is 0.490 bits per heavy atom. The lowest BCUT2D eigenvalue weighted by molar-refractivity contribution is -0.188. The van der Waals surface area contributed by atoms with Gasteiger partial charge in [-0.15, -0.1) is 0 Å². The second-order valence-electron chi connectivity index (χ2n) is 27.3. The highest BCUT2D eigenvalue weighted by atomic mass is 28.5. The molecule has 0 saturated heterocycles. The van der Waals surface area contributed by atoms with Gasteiger partial charge in [0.15, 0.2) is 17.4 Å². The molecule has 2 aromatic carbocycles. The summed E-state index contributed by atoms with van der Waals surface area (Å²) < 4.78 is 280. The van der Waals surface area contributed by atoms with Crippen LogP contribution in [0, 0.1) is 5.92 Å². The zero-order chi connectivity index (χ0) is 81.8. The van der Waals surface area contributed by atoms with Crippen LogP contribution in [0.1, 0.15) is 112 Å². The number of amides is 3. The van der Waals surface area contributed by atoms with Crippen molar-refractivity contribution in [3.05, 3.63) is 60.7 Å². The maximum atomic E-state index is 13.2. The average molecular weight is 1690 g/mol. The third-order valence-electron chi connectivity index (χ3n) is 14.1. The number of nitrogens with zero attached hydrogens (tertiary/aromatic N) is 2. The van der Waals surface area contributed by atoms with Crippen molar-refractivity contribution in [2.45, 2.75) is 239 Å². The van der Waals surface area contributed by atoms with Crippen molar-refractivity contribution in [3.8, 4) is 0 Å². The number of alkyl halides is 15. The Morgan fingerprint density at radius 2 is 0.875 bits per heavy atom. The van der Waals surface area contributed by atoms with E-state index >= 15 is 0 Å². The summed E-state index contributed by atoms with van der Waals surface area (Å²) in [5.41, 5.74) is 1.30. The zero-order valence-corrected chi connectivity index (χ0v) is 70.5. The number of hydrogen-bond acceptors (Lipinski definition) is 12. The number of nitrogens with one attached hydrogen (secondary N) is 1.